The Bertz CT molecular complexity index is 989. The molecule has 0 saturated carbocycles. The molecule has 0 unspecified atom stereocenters. The van der Waals surface area contributed by atoms with Crippen molar-refractivity contribution in [1.82, 2.24) is 19.8 Å². The lowest BCUT2D eigenvalue weighted by Crippen LogP contribution is -2.49. The van der Waals surface area contributed by atoms with Crippen molar-refractivity contribution in [3.8, 4) is 5.75 Å². The summed E-state index contributed by atoms with van der Waals surface area (Å²) < 4.78 is 18.9. The summed E-state index contributed by atoms with van der Waals surface area (Å²) in [4.78, 5) is 36.6. The SMILES string of the molecule is COc1ccc(CN2CCN(C(=O)c3c(C)nc(C(C)(C)C)[nH]c3=O)CC2)cc1F. The Balaban J connectivity index is 1.66. The smallest absolute Gasteiger partial charge is 0.264 e. The standard InChI is InChI=1S/C22H29FN4O3/c1-14-18(19(28)25-21(24-14)22(2,3)4)20(29)27-10-8-26(9-11-27)13-15-6-7-17(30-5)16(23)12-15/h6-7,12H,8-11,13H2,1-5H3,(H,24,25,28). The molecule has 2 heterocycles. The molecule has 1 amide bonds. The van der Waals surface area contributed by atoms with Gasteiger partial charge in [0.1, 0.15) is 11.4 Å². The number of methoxy groups -OCH3 is 1. The first-order valence-corrected chi connectivity index (χ1v) is 10.1. The number of carbonyl (C=O) groups is 1. The fourth-order valence-electron chi connectivity index (χ4n) is 3.53. The van der Waals surface area contributed by atoms with Gasteiger partial charge in [0.2, 0.25) is 0 Å². The number of nitrogens with zero attached hydrogens (tertiary/aromatic N) is 3. The maximum absolute atomic E-state index is 13.9. The fourth-order valence-corrected chi connectivity index (χ4v) is 3.53. The van der Waals surface area contributed by atoms with Gasteiger partial charge in [-0.3, -0.25) is 14.5 Å². The summed E-state index contributed by atoms with van der Waals surface area (Å²) in [6.07, 6.45) is 0. The number of benzene rings is 1. The lowest BCUT2D eigenvalue weighted by Gasteiger charge is -2.34. The molecule has 30 heavy (non-hydrogen) atoms. The van der Waals surface area contributed by atoms with Crippen LogP contribution in [-0.4, -0.2) is 59.0 Å². The third kappa shape index (κ3) is 4.70. The predicted octanol–water partition coefficient (Wildman–Crippen LogP) is 2.48. The summed E-state index contributed by atoms with van der Waals surface area (Å²) in [7, 11) is 1.44. The topological polar surface area (TPSA) is 78.5 Å². The number of aryl methyl sites for hydroxylation is 1. The fraction of sp³-hybridized carbons (Fsp3) is 0.500. The van der Waals surface area contributed by atoms with Crippen LogP contribution < -0.4 is 10.3 Å². The van der Waals surface area contributed by atoms with Crippen LogP contribution in [0.2, 0.25) is 0 Å². The van der Waals surface area contributed by atoms with E-state index in [1.54, 1.807) is 17.9 Å². The largest absolute Gasteiger partial charge is 0.494 e. The monoisotopic (exact) mass is 416 g/mol. The summed E-state index contributed by atoms with van der Waals surface area (Å²) in [6.45, 7) is 10.4. The molecule has 1 aliphatic heterocycles. The average molecular weight is 416 g/mol. The molecule has 2 aromatic rings. The highest BCUT2D eigenvalue weighted by molar-refractivity contribution is 5.94. The molecule has 3 rings (SSSR count). The number of amides is 1. The van der Waals surface area contributed by atoms with Crippen LogP contribution in [0.3, 0.4) is 0 Å². The lowest BCUT2D eigenvalue weighted by molar-refractivity contribution is 0.0625. The molecular formula is C22H29FN4O3. The van der Waals surface area contributed by atoms with E-state index in [0.29, 0.717) is 44.2 Å². The van der Waals surface area contributed by atoms with E-state index in [4.69, 9.17) is 4.74 Å². The van der Waals surface area contributed by atoms with Gasteiger partial charge in [0.05, 0.1) is 12.8 Å². The molecule has 0 atom stereocenters. The predicted molar refractivity (Wildman–Crippen MR) is 112 cm³/mol. The Morgan fingerprint density at radius 1 is 1.23 bits per heavy atom. The summed E-state index contributed by atoms with van der Waals surface area (Å²) in [5, 5.41) is 0. The molecule has 0 bridgehead atoms. The van der Waals surface area contributed by atoms with Gasteiger partial charge in [0, 0.05) is 38.1 Å². The van der Waals surface area contributed by atoms with Crippen LogP contribution in [-0.2, 0) is 12.0 Å². The van der Waals surface area contributed by atoms with Gasteiger partial charge in [-0.05, 0) is 24.6 Å². The Morgan fingerprint density at radius 2 is 1.90 bits per heavy atom. The number of piperazine rings is 1. The van der Waals surface area contributed by atoms with E-state index in [9.17, 15) is 14.0 Å². The van der Waals surface area contributed by atoms with E-state index < -0.39 is 5.56 Å². The number of ether oxygens (including phenoxy) is 1. The molecule has 162 valence electrons. The first-order chi connectivity index (χ1) is 14.1. The van der Waals surface area contributed by atoms with Crippen LogP contribution in [0.25, 0.3) is 0 Å². The Hall–Kier alpha value is -2.74. The van der Waals surface area contributed by atoms with Gasteiger partial charge in [0.25, 0.3) is 11.5 Å². The van der Waals surface area contributed by atoms with Crippen molar-refractivity contribution in [2.24, 2.45) is 0 Å². The van der Waals surface area contributed by atoms with Gasteiger partial charge in [0.15, 0.2) is 11.6 Å². The molecule has 1 N–H and O–H groups in total. The number of aromatic nitrogens is 2. The normalized spacial score (nSPS) is 15.3. The zero-order valence-electron chi connectivity index (χ0n) is 18.2. The summed E-state index contributed by atoms with van der Waals surface area (Å²) in [6, 6.07) is 4.93. The van der Waals surface area contributed by atoms with Crippen LogP contribution >= 0.6 is 0 Å². The van der Waals surface area contributed by atoms with Gasteiger partial charge in [-0.25, -0.2) is 9.37 Å². The number of nitrogens with one attached hydrogen (secondary N) is 1. The maximum Gasteiger partial charge on any atom is 0.264 e. The lowest BCUT2D eigenvalue weighted by atomic mass is 9.95. The van der Waals surface area contributed by atoms with Gasteiger partial charge in [-0.2, -0.15) is 0 Å². The first-order valence-electron chi connectivity index (χ1n) is 10.1. The van der Waals surface area contributed by atoms with Crippen LogP contribution in [0.4, 0.5) is 4.39 Å². The van der Waals surface area contributed by atoms with Crippen molar-refractivity contribution in [1.29, 1.82) is 0 Å². The van der Waals surface area contributed by atoms with Crippen molar-refractivity contribution in [3.05, 3.63) is 57.0 Å². The molecule has 0 radical (unpaired) electrons. The van der Waals surface area contributed by atoms with E-state index in [1.165, 1.54) is 13.2 Å². The minimum Gasteiger partial charge on any atom is -0.494 e. The highest BCUT2D eigenvalue weighted by Gasteiger charge is 2.27. The second kappa shape index (κ2) is 8.55. The number of aromatic amines is 1. The minimum atomic E-state index is -0.395. The van der Waals surface area contributed by atoms with Crippen molar-refractivity contribution < 1.29 is 13.9 Å². The van der Waals surface area contributed by atoms with Crippen molar-refractivity contribution in [2.75, 3.05) is 33.3 Å². The zero-order chi connectivity index (χ0) is 22.1. The second-order valence-corrected chi connectivity index (χ2v) is 8.66. The van der Waals surface area contributed by atoms with E-state index in [-0.39, 0.29) is 28.5 Å². The Kier molecular flexibility index (Phi) is 6.26. The number of H-pyrrole nitrogens is 1. The summed E-state index contributed by atoms with van der Waals surface area (Å²) in [5.74, 6) is 0.112. The zero-order valence-corrected chi connectivity index (χ0v) is 18.2. The van der Waals surface area contributed by atoms with Crippen molar-refractivity contribution in [2.45, 2.75) is 39.7 Å². The highest BCUT2D eigenvalue weighted by atomic mass is 19.1. The third-order valence-electron chi connectivity index (χ3n) is 5.31. The van der Waals surface area contributed by atoms with Gasteiger partial charge >= 0.3 is 0 Å². The molecular weight excluding hydrogens is 387 g/mol. The molecule has 1 saturated heterocycles. The average Bonchev–Trinajstić information content (AvgIpc) is 2.67. The maximum atomic E-state index is 13.9. The quantitative estimate of drug-likeness (QED) is 0.829. The van der Waals surface area contributed by atoms with E-state index >= 15 is 0 Å². The molecule has 1 aromatic carbocycles. The van der Waals surface area contributed by atoms with Gasteiger partial charge < -0.3 is 14.6 Å². The second-order valence-electron chi connectivity index (χ2n) is 8.66. The number of hydrogen-bond acceptors (Lipinski definition) is 5. The molecule has 0 aliphatic carbocycles. The van der Waals surface area contributed by atoms with E-state index in [0.717, 1.165) is 5.56 Å². The molecule has 1 aromatic heterocycles. The van der Waals surface area contributed by atoms with Crippen LogP contribution in [0.15, 0.2) is 23.0 Å². The number of halogens is 1. The van der Waals surface area contributed by atoms with Crippen LogP contribution in [0.5, 0.6) is 5.75 Å². The Labute approximate surface area is 175 Å². The van der Waals surface area contributed by atoms with Crippen LogP contribution in [0, 0.1) is 12.7 Å². The highest BCUT2D eigenvalue weighted by Crippen LogP contribution is 2.20. The molecule has 1 fully saturated rings. The van der Waals surface area contributed by atoms with Gasteiger partial charge in [-0.1, -0.05) is 26.8 Å². The van der Waals surface area contributed by atoms with Gasteiger partial charge in [-0.15, -0.1) is 0 Å². The number of rotatable bonds is 4. The van der Waals surface area contributed by atoms with E-state index in [1.807, 2.05) is 26.8 Å². The number of hydrogen-bond donors (Lipinski definition) is 1. The third-order valence-corrected chi connectivity index (χ3v) is 5.31. The van der Waals surface area contributed by atoms with Crippen molar-refractivity contribution >= 4 is 5.91 Å². The number of carbonyl (C=O) groups excluding carboxylic acids is 1. The van der Waals surface area contributed by atoms with Crippen molar-refractivity contribution in [3.63, 3.8) is 0 Å². The van der Waals surface area contributed by atoms with Crippen LogP contribution in [0.1, 0.15) is 48.2 Å². The summed E-state index contributed by atoms with van der Waals surface area (Å²) >= 11 is 0. The first kappa shape index (κ1) is 22.0. The summed E-state index contributed by atoms with van der Waals surface area (Å²) in [5.41, 5.74) is 0.701. The molecule has 0 spiro atoms. The minimum absolute atomic E-state index is 0.105. The Morgan fingerprint density at radius 3 is 2.43 bits per heavy atom. The molecule has 1 aliphatic rings. The molecule has 7 nitrogen and oxygen atoms in total. The van der Waals surface area contributed by atoms with E-state index in [2.05, 4.69) is 14.9 Å². The molecule has 8 heteroatoms.